The summed E-state index contributed by atoms with van der Waals surface area (Å²) in [5.41, 5.74) is 2.87. The van der Waals surface area contributed by atoms with E-state index in [2.05, 4.69) is 16.3 Å². The maximum atomic E-state index is 12.4. The second kappa shape index (κ2) is 8.68. The molecule has 136 valence electrons. The summed E-state index contributed by atoms with van der Waals surface area (Å²) in [6.07, 6.45) is 4.64. The number of nitrogens with zero attached hydrogens (tertiary/aromatic N) is 2. The Bertz CT molecular complexity index is 840. The van der Waals surface area contributed by atoms with E-state index in [4.69, 9.17) is 11.6 Å². The van der Waals surface area contributed by atoms with E-state index < -0.39 is 0 Å². The Morgan fingerprint density at radius 3 is 2.88 bits per heavy atom. The third-order valence-electron chi connectivity index (χ3n) is 4.65. The highest BCUT2D eigenvalue weighted by atomic mass is 35.5. The smallest absolute Gasteiger partial charge is 0.226 e. The first-order chi connectivity index (χ1) is 12.6. The van der Waals surface area contributed by atoms with Gasteiger partial charge in [-0.2, -0.15) is 5.26 Å². The molecule has 1 heterocycles. The van der Waals surface area contributed by atoms with Crippen LogP contribution in [0.5, 0.6) is 0 Å². The molecule has 1 aliphatic rings. The van der Waals surface area contributed by atoms with Crippen molar-refractivity contribution in [2.75, 3.05) is 18.9 Å². The maximum absolute atomic E-state index is 12.4. The number of anilines is 1. The van der Waals surface area contributed by atoms with Crippen LogP contribution in [0.1, 0.15) is 40.8 Å². The first-order valence-electron chi connectivity index (χ1n) is 8.85. The highest BCUT2D eigenvalue weighted by molar-refractivity contribution is 7.16. The van der Waals surface area contributed by atoms with E-state index in [9.17, 15) is 10.1 Å². The van der Waals surface area contributed by atoms with Crippen molar-refractivity contribution < 1.29 is 4.79 Å². The SMILES string of the molecule is CN(CCC(=O)Nc1sc2c(c1C#N)CCCC2)Cc1ccccc1Cl. The normalized spacial score (nSPS) is 13.3. The molecule has 1 aromatic carbocycles. The predicted molar refractivity (Wildman–Crippen MR) is 107 cm³/mol. The maximum Gasteiger partial charge on any atom is 0.226 e. The van der Waals surface area contributed by atoms with Crippen molar-refractivity contribution in [3.63, 3.8) is 0 Å². The zero-order valence-electron chi connectivity index (χ0n) is 14.8. The van der Waals surface area contributed by atoms with Crippen molar-refractivity contribution in [3.8, 4) is 6.07 Å². The number of halogens is 1. The van der Waals surface area contributed by atoms with Gasteiger partial charge in [-0.15, -0.1) is 11.3 Å². The van der Waals surface area contributed by atoms with Gasteiger partial charge in [-0.25, -0.2) is 0 Å². The monoisotopic (exact) mass is 387 g/mol. The van der Waals surface area contributed by atoms with Gasteiger partial charge in [0.25, 0.3) is 0 Å². The molecule has 1 aromatic heterocycles. The van der Waals surface area contributed by atoms with Gasteiger partial charge >= 0.3 is 0 Å². The van der Waals surface area contributed by atoms with Gasteiger partial charge in [0.05, 0.1) is 5.56 Å². The molecule has 4 nitrogen and oxygen atoms in total. The average Bonchev–Trinajstić information content (AvgIpc) is 2.99. The second-order valence-electron chi connectivity index (χ2n) is 6.65. The number of nitrogens with one attached hydrogen (secondary N) is 1. The Morgan fingerprint density at radius 1 is 1.35 bits per heavy atom. The number of benzene rings is 1. The number of rotatable bonds is 6. The van der Waals surface area contributed by atoms with Gasteiger partial charge < -0.3 is 10.2 Å². The van der Waals surface area contributed by atoms with E-state index in [0.717, 1.165) is 40.4 Å². The highest BCUT2D eigenvalue weighted by Crippen LogP contribution is 2.37. The molecule has 0 unspecified atom stereocenters. The molecule has 26 heavy (non-hydrogen) atoms. The van der Waals surface area contributed by atoms with Crippen molar-refractivity contribution >= 4 is 33.8 Å². The lowest BCUT2D eigenvalue weighted by Gasteiger charge is -2.17. The van der Waals surface area contributed by atoms with E-state index >= 15 is 0 Å². The van der Waals surface area contributed by atoms with Gasteiger partial charge in [0.1, 0.15) is 11.1 Å². The molecule has 0 atom stereocenters. The Labute approximate surface area is 163 Å². The number of hydrogen-bond acceptors (Lipinski definition) is 4. The Morgan fingerprint density at radius 2 is 2.12 bits per heavy atom. The van der Waals surface area contributed by atoms with Crippen LogP contribution >= 0.6 is 22.9 Å². The van der Waals surface area contributed by atoms with E-state index in [0.29, 0.717) is 25.1 Å². The average molecular weight is 388 g/mol. The van der Waals surface area contributed by atoms with Gasteiger partial charge in [-0.3, -0.25) is 4.79 Å². The minimum absolute atomic E-state index is 0.0499. The molecule has 1 N–H and O–H groups in total. The molecule has 1 amide bonds. The summed E-state index contributed by atoms with van der Waals surface area (Å²) in [7, 11) is 1.97. The number of carbonyl (C=O) groups excluding carboxylic acids is 1. The fourth-order valence-electron chi connectivity index (χ4n) is 3.25. The first-order valence-corrected chi connectivity index (χ1v) is 10.0. The first kappa shape index (κ1) is 18.9. The van der Waals surface area contributed by atoms with Gasteiger partial charge in [0, 0.05) is 29.4 Å². The summed E-state index contributed by atoms with van der Waals surface area (Å²) in [5.74, 6) is -0.0499. The quantitative estimate of drug-likeness (QED) is 0.787. The number of nitriles is 1. The topological polar surface area (TPSA) is 56.1 Å². The fraction of sp³-hybridized carbons (Fsp3) is 0.400. The standard InChI is InChI=1S/C20H22ClN3OS/c1-24(13-14-6-2-4-8-17(14)21)11-10-19(25)23-20-16(12-22)15-7-3-5-9-18(15)26-20/h2,4,6,8H,3,5,7,9-11,13H2,1H3,(H,23,25). The van der Waals surface area contributed by atoms with Crippen molar-refractivity contribution in [1.82, 2.24) is 4.90 Å². The van der Waals surface area contributed by atoms with E-state index in [1.165, 1.54) is 11.3 Å². The van der Waals surface area contributed by atoms with Crippen molar-refractivity contribution in [1.29, 1.82) is 5.26 Å². The second-order valence-corrected chi connectivity index (χ2v) is 8.17. The Kier molecular flexibility index (Phi) is 6.31. The van der Waals surface area contributed by atoms with Crippen LogP contribution < -0.4 is 5.32 Å². The number of amides is 1. The number of fused-ring (bicyclic) bond motifs is 1. The third-order valence-corrected chi connectivity index (χ3v) is 6.23. The van der Waals surface area contributed by atoms with Crippen LogP contribution in [0.2, 0.25) is 5.02 Å². The summed E-state index contributed by atoms with van der Waals surface area (Å²) >= 11 is 7.75. The van der Waals surface area contributed by atoms with Crippen LogP contribution in [0.25, 0.3) is 0 Å². The number of hydrogen-bond donors (Lipinski definition) is 1. The Hall–Kier alpha value is -1.87. The third kappa shape index (κ3) is 4.45. The highest BCUT2D eigenvalue weighted by Gasteiger charge is 2.21. The molecule has 3 rings (SSSR count). The number of thiophene rings is 1. The molecule has 0 bridgehead atoms. The van der Waals surface area contributed by atoms with Gasteiger partial charge in [0.2, 0.25) is 5.91 Å². The lowest BCUT2D eigenvalue weighted by molar-refractivity contribution is -0.116. The molecule has 0 aliphatic heterocycles. The molecule has 1 aliphatic carbocycles. The van der Waals surface area contributed by atoms with Crippen LogP contribution in [-0.2, 0) is 24.2 Å². The Balaban J connectivity index is 1.55. The molecule has 2 aromatic rings. The van der Waals surface area contributed by atoms with Crippen LogP contribution in [0.15, 0.2) is 24.3 Å². The van der Waals surface area contributed by atoms with Crippen LogP contribution in [0.4, 0.5) is 5.00 Å². The summed E-state index contributed by atoms with van der Waals surface area (Å²) < 4.78 is 0. The zero-order valence-corrected chi connectivity index (χ0v) is 16.4. The zero-order chi connectivity index (χ0) is 18.5. The van der Waals surface area contributed by atoms with Crippen LogP contribution in [0, 0.1) is 11.3 Å². The van der Waals surface area contributed by atoms with Gasteiger partial charge in [-0.1, -0.05) is 29.8 Å². The van der Waals surface area contributed by atoms with E-state index in [1.807, 2.05) is 31.3 Å². The molecule has 0 saturated carbocycles. The molecule has 0 radical (unpaired) electrons. The lowest BCUT2D eigenvalue weighted by atomic mass is 9.96. The molecule has 0 fully saturated rings. The molecule has 6 heteroatoms. The summed E-state index contributed by atoms with van der Waals surface area (Å²) in [4.78, 5) is 15.7. The molecule has 0 saturated heterocycles. The van der Waals surface area contributed by atoms with Crippen LogP contribution in [0.3, 0.4) is 0 Å². The molecule has 0 spiro atoms. The summed E-state index contributed by atoms with van der Waals surface area (Å²) in [5, 5.41) is 13.9. The minimum atomic E-state index is -0.0499. The minimum Gasteiger partial charge on any atom is -0.317 e. The van der Waals surface area contributed by atoms with Gasteiger partial charge in [0.15, 0.2) is 0 Å². The van der Waals surface area contributed by atoms with E-state index in [-0.39, 0.29) is 5.91 Å². The lowest BCUT2D eigenvalue weighted by Crippen LogP contribution is -2.24. The van der Waals surface area contributed by atoms with Gasteiger partial charge in [-0.05, 0) is 49.9 Å². The largest absolute Gasteiger partial charge is 0.317 e. The van der Waals surface area contributed by atoms with Crippen molar-refractivity contribution in [3.05, 3.63) is 50.9 Å². The van der Waals surface area contributed by atoms with Crippen LogP contribution in [-0.4, -0.2) is 24.4 Å². The summed E-state index contributed by atoms with van der Waals surface area (Å²) in [6, 6.07) is 10.0. The predicted octanol–water partition coefficient (Wildman–Crippen LogP) is 4.61. The van der Waals surface area contributed by atoms with Crippen molar-refractivity contribution in [2.45, 2.75) is 38.6 Å². The fourth-order valence-corrected chi connectivity index (χ4v) is 4.70. The van der Waals surface area contributed by atoms with Crippen molar-refractivity contribution in [2.24, 2.45) is 0 Å². The number of carbonyl (C=O) groups is 1. The summed E-state index contributed by atoms with van der Waals surface area (Å²) in [6.45, 7) is 1.33. The van der Waals surface area contributed by atoms with E-state index in [1.54, 1.807) is 11.3 Å². The number of aryl methyl sites for hydroxylation is 1. The molecular formula is C20H22ClN3OS. The molecular weight excluding hydrogens is 366 g/mol.